The summed E-state index contributed by atoms with van der Waals surface area (Å²) >= 11 is 0. The van der Waals surface area contributed by atoms with Crippen molar-refractivity contribution >= 4 is 21.9 Å². The standard InChI is InChI=1S/C14H18O4S/c1-11(2)19(16,17)13-8-4-6-12(10-13)7-5-9-14(15)18-3/h4-8,10-11H,9H2,1-3H3. The third-order valence-corrected chi connectivity index (χ3v) is 4.78. The molecular formula is C14H18O4S. The summed E-state index contributed by atoms with van der Waals surface area (Å²) in [5.41, 5.74) is 0.741. The van der Waals surface area contributed by atoms with Crippen molar-refractivity contribution in [1.29, 1.82) is 0 Å². The third-order valence-electron chi connectivity index (χ3n) is 2.63. The molecule has 0 heterocycles. The van der Waals surface area contributed by atoms with E-state index in [9.17, 15) is 13.2 Å². The Kier molecular flexibility index (Phi) is 5.30. The summed E-state index contributed by atoms with van der Waals surface area (Å²) in [5, 5.41) is -0.457. The molecule has 19 heavy (non-hydrogen) atoms. The van der Waals surface area contributed by atoms with Gasteiger partial charge in [0.2, 0.25) is 0 Å². The normalized spacial score (nSPS) is 12.0. The second-order valence-electron chi connectivity index (χ2n) is 4.35. The Morgan fingerprint density at radius 1 is 1.37 bits per heavy atom. The summed E-state index contributed by atoms with van der Waals surface area (Å²) in [7, 11) is -1.95. The van der Waals surface area contributed by atoms with Gasteiger partial charge < -0.3 is 4.74 Å². The Hall–Kier alpha value is -1.62. The first kappa shape index (κ1) is 15.4. The van der Waals surface area contributed by atoms with Gasteiger partial charge in [-0.05, 0) is 31.5 Å². The molecule has 4 nitrogen and oxygen atoms in total. The molecule has 1 rings (SSSR count). The molecule has 0 aromatic heterocycles. The van der Waals surface area contributed by atoms with Crippen LogP contribution in [0.1, 0.15) is 25.8 Å². The lowest BCUT2D eigenvalue weighted by Gasteiger charge is -2.08. The number of esters is 1. The van der Waals surface area contributed by atoms with E-state index in [1.807, 2.05) is 0 Å². The van der Waals surface area contributed by atoms with Crippen molar-refractivity contribution in [2.75, 3.05) is 7.11 Å². The number of hydrogen-bond donors (Lipinski definition) is 0. The van der Waals surface area contributed by atoms with Crippen molar-refractivity contribution in [2.45, 2.75) is 30.4 Å². The minimum absolute atomic E-state index is 0.164. The van der Waals surface area contributed by atoms with Crippen LogP contribution in [-0.2, 0) is 19.4 Å². The Labute approximate surface area is 114 Å². The summed E-state index contributed by atoms with van der Waals surface area (Å²) < 4.78 is 28.5. The average molecular weight is 282 g/mol. The molecule has 0 bridgehead atoms. The predicted molar refractivity (Wildman–Crippen MR) is 74.4 cm³/mol. The zero-order valence-corrected chi connectivity index (χ0v) is 12.1. The predicted octanol–water partition coefficient (Wildman–Crippen LogP) is 2.45. The minimum Gasteiger partial charge on any atom is -0.469 e. The second kappa shape index (κ2) is 6.52. The Bertz CT molecular complexity index is 571. The van der Waals surface area contributed by atoms with Gasteiger partial charge in [-0.3, -0.25) is 4.79 Å². The highest BCUT2D eigenvalue weighted by Crippen LogP contribution is 2.18. The van der Waals surface area contributed by atoms with Crippen LogP contribution in [0.25, 0.3) is 6.08 Å². The van der Waals surface area contributed by atoms with Crippen LogP contribution in [-0.4, -0.2) is 26.7 Å². The summed E-state index contributed by atoms with van der Waals surface area (Å²) in [6, 6.07) is 6.65. The molecule has 0 saturated carbocycles. The zero-order chi connectivity index (χ0) is 14.5. The van der Waals surface area contributed by atoms with Gasteiger partial charge in [-0.25, -0.2) is 8.42 Å². The lowest BCUT2D eigenvalue weighted by atomic mass is 10.2. The molecule has 1 aromatic carbocycles. The number of benzene rings is 1. The number of sulfone groups is 1. The quantitative estimate of drug-likeness (QED) is 0.778. The fourth-order valence-electron chi connectivity index (χ4n) is 1.44. The van der Waals surface area contributed by atoms with Crippen LogP contribution in [0.5, 0.6) is 0 Å². The van der Waals surface area contributed by atoms with Gasteiger partial charge in [0.15, 0.2) is 9.84 Å². The highest BCUT2D eigenvalue weighted by molar-refractivity contribution is 7.92. The number of methoxy groups -OCH3 is 1. The molecule has 0 aliphatic carbocycles. The molecule has 0 aliphatic heterocycles. The van der Waals surface area contributed by atoms with Crippen LogP contribution in [0.15, 0.2) is 35.2 Å². The molecule has 0 N–H and O–H groups in total. The maximum absolute atomic E-state index is 12.0. The van der Waals surface area contributed by atoms with Gasteiger partial charge >= 0.3 is 5.97 Å². The molecule has 0 spiro atoms. The molecule has 5 heteroatoms. The van der Waals surface area contributed by atoms with Gasteiger partial charge in [-0.1, -0.05) is 24.3 Å². The summed E-state index contributed by atoms with van der Waals surface area (Å²) in [5.74, 6) is -0.331. The molecule has 0 aliphatic rings. The first-order valence-electron chi connectivity index (χ1n) is 5.95. The SMILES string of the molecule is COC(=O)CC=Cc1cccc(S(=O)(=O)C(C)C)c1. The fraction of sp³-hybridized carbons (Fsp3) is 0.357. The first-order valence-corrected chi connectivity index (χ1v) is 7.50. The number of hydrogen-bond acceptors (Lipinski definition) is 4. The van der Waals surface area contributed by atoms with Crippen LogP contribution in [0.3, 0.4) is 0 Å². The lowest BCUT2D eigenvalue weighted by Crippen LogP contribution is -2.13. The molecular weight excluding hydrogens is 264 g/mol. The Balaban J connectivity index is 2.93. The highest BCUT2D eigenvalue weighted by Gasteiger charge is 2.18. The number of carbonyl (C=O) groups excluding carboxylic acids is 1. The monoisotopic (exact) mass is 282 g/mol. The Morgan fingerprint density at radius 3 is 2.63 bits per heavy atom. The van der Waals surface area contributed by atoms with Crippen molar-refractivity contribution in [2.24, 2.45) is 0 Å². The van der Waals surface area contributed by atoms with E-state index in [1.165, 1.54) is 7.11 Å². The van der Waals surface area contributed by atoms with Crippen LogP contribution < -0.4 is 0 Å². The molecule has 0 unspecified atom stereocenters. The van der Waals surface area contributed by atoms with E-state index in [0.29, 0.717) is 4.90 Å². The van der Waals surface area contributed by atoms with Crippen LogP contribution in [0, 0.1) is 0 Å². The molecule has 104 valence electrons. The first-order chi connectivity index (χ1) is 8.87. The maximum Gasteiger partial charge on any atom is 0.309 e. The fourth-order valence-corrected chi connectivity index (χ4v) is 2.55. The average Bonchev–Trinajstić information content (AvgIpc) is 2.38. The van der Waals surface area contributed by atoms with E-state index in [1.54, 1.807) is 50.3 Å². The van der Waals surface area contributed by atoms with Crippen molar-refractivity contribution < 1.29 is 17.9 Å². The molecule has 0 atom stereocenters. The van der Waals surface area contributed by atoms with Gasteiger partial charge in [0, 0.05) is 0 Å². The number of rotatable bonds is 5. The van der Waals surface area contributed by atoms with Gasteiger partial charge in [0.05, 0.1) is 23.7 Å². The van der Waals surface area contributed by atoms with E-state index >= 15 is 0 Å². The molecule has 0 saturated heterocycles. The smallest absolute Gasteiger partial charge is 0.309 e. The van der Waals surface area contributed by atoms with Crippen molar-refractivity contribution in [1.82, 2.24) is 0 Å². The minimum atomic E-state index is -3.27. The number of ether oxygens (including phenoxy) is 1. The Morgan fingerprint density at radius 2 is 2.05 bits per heavy atom. The van der Waals surface area contributed by atoms with E-state index in [4.69, 9.17) is 0 Å². The zero-order valence-electron chi connectivity index (χ0n) is 11.3. The molecule has 0 radical (unpaired) electrons. The summed E-state index contributed by atoms with van der Waals surface area (Å²) in [6.07, 6.45) is 3.51. The van der Waals surface area contributed by atoms with Gasteiger partial charge in [-0.2, -0.15) is 0 Å². The summed E-state index contributed by atoms with van der Waals surface area (Å²) in [4.78, 5) is 11.2. The van der Waals surface area contributed by atoms with Crippen molar-refractivity contribution in [3.63, 3.8) is 0 Å². The lowest BCUT2D eigenvalue weighted by molar-refractivity contribution is -0.139. The van der Waals surface area contributed by atoms with Crippen molar-refractivity contribution in [3.05, 3.63) is 35.9 Å². The van der Waals surface area contributed by atoms with Gasteiger partial charge in [-0.15, -0.1) is 0 Å². The second-order valence-corrected chi connectivity index (χ2v) is 6.85. The molecule has 0 amide bonds. The number of carbonyl (C=O) groups is 1. The molecule has 1 aromatic rings. The van der Waals surface area contributed by atoms with Gasteiger partial charge in [0.1, 0.15) is 0 Å². The van der Waals surface area contributed by atoms with Crippen LogP contribution in [0.4, 0.5) is 0 Å². The van der Waals surface area contributed by atoms with Gasteiger partial charge in [0.25, 0.3) is 0 Å². The maximum atomic E-state index is 12.0. The van der Waals surface area contributed by atoms with E-state index in [2.05, 4.69) is 4.74 Å². The molecule has 0 fully saturated rings. The third kappa shape index (κ3) is 4.21. The van der Waals surface area contributed by atoms with Crippen molar-refractivity contribution in [3.8, 4) is 0 Å². The topological polar surface area (TPSA) is 60.4 Å². The van der Waals surface area contributed by atoms with Crippen LogP contribution in [0.2, 0.25) is 0 Å². The van der Waals surface area contributed by atoms with E-state index in [0.717, 1.165) is 5.56 Å². The largest absolute Gasteiger partial charge is 0.469 e. The van der Waals surface area contributed by atoms with Crippen LogP contribution >= 0.6 is 0 Å². The van der Waals surface area contributed by atoms with E-state index in [-0.39, 0.29) is 12.4 Å². The van der Waals surface area contributed by atoms with E-state index < -0.39 is 15.1 Å². The highest BCUT2D eigenvalue weighted by atomic mass is 32.2. The summed E-state index contributed by atoms with van der Waals surface area (Å²) in [6.45, 7) is 3.30.